The molecule has 102 valence electrons. The number of hydrogen-bond donors (Lipinski definition) is 1. The second-order valence-corrected chi connectivity index (χ2v) is 5.48. The fourth-order valence-corrected chi connectivity index (χ4v) is 2.88. The van der Waals surface area contributed by atoms with Crippen LogP contribution in [0.5, 0.6) is 0 Å². The summed E-state index contributed by atoms with van der Waals surface area (Å²) in [6, 6.07) is 3.68. The highest BCUT2D eigenvalue weighted by molar-refractivity contribution is 6.28. The van der Waals surface area contributed by atoms with E-state index in [9.17, 15) is 0 Å². The van der Waals surface area contributed by atoms with E-state index in [0.717, 1.165) is 24.5 Å². The maximum absolute atomic E-state index is 5.75. The molecule has 0 fully saturated rings. The molecule has 3 heterocycles. The summed E-state index contributed by atoms with van der Waals surface area (Å²) in [7, 11) is 0. The molecule has 19 heavy (non-hydrogen) atoms. The zero-order chi connectivity index (χ0) is 13.2. The Labute approximate surface area is 117 Å². The van der Waals surface area contributed by atoms with Crippen LogP contribution in [-0.2, 0) is 13.1 Å². The van der Waals surface area contributed by atoms with Crippen molar-refractivity contribution >= 4 is 11.6 Å². The smallest absolute Gasteiger partial charge is 0.193 e. The van der Waals surface area contributed by atoms with Crippen LogP contribution in [0.2, 0.25) is 5.22 Å². The summed E-state index contributed by atoms with van der Waals surface area (Å²) >= 11 is 5.75. The number of fused-ring (bicyclic) bond motifs is 1. The van der Waals surface area contributed by atoms with E-state index >= 15 is 0 Å². The van der Waals surface area contributed by atoms with Crippen molar-refractivity contribution in [3.05, 3.63) is 40.8 Å². The van der Waals surface area contributed by atoms with Gasteiger partial charge in [-0.2, -0.15) is 0 Å². The molecular formula is C14H18ClN3O. The number of rotatable bonds is 4. The lowest BCUT2D eigenvalue weighted by atomic mass is 9.99. The minimum Gasteiger partial charge on any atom is -0.448 e. The van der Waals surface area contributed by atoms with E-state index in [0.29, 0.717) is 17.7 Å². The van der Waals surface area contributed by atoms with Gasteiger partial charge in [0, 0.05) is 25.2 Å². The molecule has 2 aromatic rings. The Balaban J connectivity index is 1.59. The highest BCUT2D eigenvalue weighted by Gasteiger charge is 2.21. The maximum atomic E-state index is 5.75. The SMILES string of the molecule is Cc1cn2c(n1)[C@@H](CNCc1ccc(Cl)o1)CCC2. The Hall–Kier alpha value is -1.26. The fourth-order valence-electron chi connectivity index (χ4n) is 2.72. The van der Waals surface area contributed by atoms with Gasteiger partial charge in [0.15, 0.2) is 5.22 Å². The highest BCUT2D eigenvalue weighted by Crippen LogP contribution is 2.26. The number of aromatic nitrogens is 2. The summed E-state index contributed by atoms with van der Waals surface area (Å²) in [5, 5.41) is 3.87. The number of aryl methyl sites for hydroxylation is 2. The number of halogens is 1. The van der Waals surface area contributed by atoms with Gasteiger partial charge in [0.05, 0.1) is 12.2 Å². The molecule has 1 atom stereocenters. The first-order chi connectivity index (χ1) is 9.22. The van der Waals surface area contributed by atoms with Gasteiger partial charge >= 0.3 is 0 Å². The molecule has 1 aliphatic rings. The molecule has 0 aliphatic carbocycles. The molecule has 1 aliphatic heterocycles. The van der Waals surface area contributed by atoms with E-state index in [-0.39, 0.29) is 0 Å². The normalized spacial score (nSPS) is 18.5. The second-order valence-electron chi connectivity index (χ2n) is 5.11. The Morgan fingerprint density at radius 1 is 1.53 bits per heavy atom. The van der Waals surface area contributed by atoms with Gasteiger partial charge in [-0.25, -0.2) is 4.98 Å². The molecule has 0 saturated heterocycles. The average molecular weight is 280 g/mol. The molecule has 0 saturated carbocycles. The zero-order valence-corrected chi connectivity index (χ0v) is 11.8. The summed E-state index contributed by atoms with van der Waals surface area (Å²) in [5.74, 6) is 2.59. The van der Waals surface area contributed by atoms with Crippen molar-refractivity contribution in [1.29, 1.82) is 0 Å². The first-order valence-electron chi connectivity index (χ1n) is 6.71. The summed E-state index contributed by atoms with van der Waals surface area (Å²) in [6.07, 6.45) is 4.57. The minimum atomic E-state index is 0.445. The molecule has 3 rings (SSSR count). The quantitative estimate of drug-likeness (QED) is 0.935. The van der Waals surface area contributed by atoms with Crippen LogP contribution in [0.3, 0.4) is 0 Å². The zero-order valence-electron chi connectivity index (χ0n) is 11.0. The van der Waals surface area contributed by atoms with Gasteiger partial charge in [0.2, 0.25) is 0 Å². The van der Waals surface area contributed by atoms with Crippen LogP contribution in [0.1, 0.15) is 36.0 Å². The summed E-state index contributed by atoms with van der Waals surface area (Å²) in [4.78, 5) is 4.64. The van der Waals surface area contributed by atoms with Crippen molar-refractivity contribution in [2.24, 2.45) is 0 Å². The van der Waals surface area contributed by atoms with Crippen LogP contribution in [-0.4, -0.2) is 16.1 Å². The lowest BCUT2D eigenvalue weighted by Crippen LogP contribution is -2.26. The lowest BCUT2D eigenvalue weighted by molar-refractivity contribution is 0.410. The number of furan rings is 1. The van der Waals surface area contributed by atoms with Crippen molar-refractivity contribution in [3.8, 4) is 0 Å². The number of hydrogen-bond acceptors (Lipinski definition) is 3. The van der Waals surface area contributed by atoms with E-state index < -0.39 is 0 Å². The predicted molar refractivity (Wildman–Crippen MR) is 74.4 cm³/mol. The van der Waals surface area contributed by atoms with Crippen molar-refractivity contribution in [2.75, 3.05) is 6.54 Å². The third kappa shape index (κ3) is 2.85. The van der Waals surface area contributed by atoms with E-state index in [1.54, 1.807) is 6.07 Å². The Morgan fingerprint density at radius 2 is 2.42 bits per heavy atom. The van der Waals surface area contributed by atoms with Gasteiger partial charge in [0.25, 0.3) is 0 Å². The minimum absolute atomic E-state index is 0.445. The molecule has 2 aromatic heterocycles. The monoisotopic (exact) mass is 279 g/mol. The molecule has 0 aromatic carbocycles. The molecule has 1 N–H and O–H groups in total. The standard InChI is InChI=1S/C14H18ClN3O/c1-10-9-18-6-2-3-11(14(18)17-10)7-16-8-12-4-5-13(15)19-12/h4-5,9,11,16H,2-3,6-8H2,1H3/t11-/m1/s1. The van der Waals surface area contributed by atoms with Crippen LogP contribution < -0.4 is 5.32 Å². The van der Waals surface area contributed by atoms with Crippen LogP contribution in [0, 0.1) is 6.92 Å². The first-order valence-corrected chi connectivity index (χ1v) is 7.09. The van der Waals surface area contributed by atoms with Crippen LogP contribution in [0.25, 0.3) is 0 Å². The molecule has 0 amide bonds. The maximum Gasteiger partial charge on any atom is 0.193 e. The number of imidazole rings is 1. The van der Waals surface area contributed by atoms with Crippen LogP contribution in [0.4, 0.5) is 0 Å². The van der Waals surface area contributed by atoms with E-state index in [1.165, 1.54) is 18.7 Å². The van der Waals surface area contributed by atoms with Gasteiger partial charge in [-0.1, -0.05) is 0 Å². The van der Waals surface area contributed by atoms with Gasteiger partial charge in [-0.3, -0.25) is 0 Å². The van der Waals surface area contributed by atoms with Crippen LogP contribution >= 0.6 is 11.6 Å². The lowest BCUT2D eigenvalue weighted by Gasteiger charge is -2.23. The molecule has 4 nitrogen and oxygen atoms in total. The van der Waals surface area contributed by atoms with Crippen molar-refractivity contribution < 1.29 is 4.42 Å². The van der Waals surface area contributed by atoms with E-state index in [1.807, 2.05) is 6.07 Å². The van der Waals surface area contributed by atoms with Crippen molar-refractivity contribution in [3.63, 3.8) is 0 Å². The van der Waals surface area contributed by atoms with E-state index in [2.05, 4.69) is 28.0 Å². The van der Waals surface area contributed by atoms with Crippen molar-refractivity contribution in [1.82, 2.24) is 14.9 Å². The second kappa shape index (κ2) is 5.39. The van der Waals surface area contributed by atoms with E-state index in [4.69, 9.17) is 16.0 Å². The Bertz CT molecular complexity index is 561. The number of nitrogens with one attached hydrogen (secondary N) is 1. The summed E-state index contributed by atoms with van der Waals surface area (Å²) in [5.41, 5.74) is 1.11. The summed E-state index contributed by atoms with van der Waals surface area (Å²) in [6.45, 7) is 4.79. The first kappa shape index (κ1) is 12.8. The average Bonchev–Trinajstić information content (AvgIpc) is 2.95. The Morgan fingerprint density at radius 3 is 3.21 bits per heavy atom. The number of nitrogens with zero attached hydrogens (tertiary/aromatic N) is 2. The van der Waals surface area contributed by atoms with Crippen LogP contribution in [0.15, 0.2) is 22.7 Å². The molecule has 0 unspecified atom stereocenters. The molecular weight excluding hydrogens is 262 g/mol. The van der Waals surface area contributed by atoms with Gasteiger partial charge < -0.3 is 14.3 Å². The highest BCUT2D eigenvalue weighted by atomic mass is 35.5. The Kier molecular flexibility index (Phi) is 3.62. The molecule has 0 bridgehead atoms. The van der Waals surface area contributed by atoms with Gasteiger partial charge in [-0.15, -0.1) is 0 Å². The topological polar surface area (TPSA) is 43.0 Å². The molecule has 0 radical (unpaired) electrons. The molecule has 5 heteroatoms. The third-order valence-electron chi connectivity index (χ3n) is 3.56. The van der Waals surface area contributed by atoms with Gasteiger partial charge in [0.1, 0.15) is 11.6 Å². The molecule has 0 spiro atoms. The largest absolute Gasteiger partial charge is 0.448 e. The third-order valence-corrected chi connectivity index (χ3v) is 3.77. The fraction of sp³-hybridized carbons (Fsp3) is 0.500. The summed E-state index contributed by atoms with van der Waals surface area (Å²) < 4.78 is 7.62. The van der Waals surface area contributed by atoms with Crippen molar-refractivity contribution in [2.45, 2.75) is 38.8 Å². The predicted octanol–water partition coefficient (Wildman–Crippen LogP) is 3.11. The van der Waals surface area contributed by atoms with Gasteiger partial charge in [-0.05, 0) is 43.5 Å².